The fourth-order valence-corrected chi connectivity index (χ4v) is 3.97. The molecule has 7 nitrogen and oxygen atoms in total. The van der Waals surface area contributed by atoms with Gasteiger partial charge in [0, 0.05) is 12.6 Å². The Balaban J connectivity index is 1.76. The standard InChI is InChI=1S/C22H24N2O5S/c1-28-19-10-11-20(21(13-19)29-2)24(30(3,26)27)15-22(25)23-14-16-8-9-17-6-4-5-7-18(17)12-16/h4-13H,14-15H2,1-3H3,(H,23,25). The maximum Gasteiger partial charge on any atom is 0.241 e. The molecule has 3 aromatic carbocycles. The Labute approximate surface area is 176 Å². The van der Waals surface area contributed by atoms with Crippen molar-refractivity contribution in [3.63, 3.8) is 0 Å². The van der Waals surface area contributed by atoms with Gasteiger partial charge in [-0.25, -0.2) is 8.42 Å². The smallest absolute Gasteiger partial charge is 0.241 e. The van der Waals surface area contributed by atoms with Crippen molar-refractivity contribution in [3.8, 4) is 11.5 Å². The lowest BCUT2D eigenvalue weighted by Crippen LogP contribution is -2.40. The SMILES string of the molecule is COc1ccc(N(CC(=O)NCc2ccc3ccccc3c2)S(C)(=O)=O)c(OC)c1. The molecule has 1 amide bonds. The number of sulfonamides is 1. The average Bonchev–Trinajstić information content (AvgIpc) is 2.74. The highest BCUT2D eigenvalue weighted by Crippen LogP contribution is 2.33. The van der Waals surface area contributed by atoms with Crippen LogP contribution >= 0.6 is 0 Å². The van der Waals surface area contributed by atoms with Crippen molar-refractivity contribution in [2.45, 2.75) is 6.54 Å². The van der Waals surface area contributed by atoms with E-state index in [2.05, 4.69) is 5.32 Å². The molecule has 8 heteroatoms. The van der Waals surface area contributed by atoms with E-state index in [1.165, 1.54) is 14.2 Å². The third-order valence-corrected chi connectivity index (χ3v) is 5.77. The molecular weight excluding hydrogens is 404 g/mol. The zero-order valence-corrected chi connectivity index (χ0v) is 17.9. The van der Waals surface area contributed by atoms with E-state index in [1.54, 1.807) is 18.2 Å². The van der Waals surface area contributed by atoms with Gasteiger partial charge in [0.15, 0.2) is 0 Å². The van der Waals surface area contributed by atoms with Crippen LogP contribution in [0.1, 0.15) is 5.56 Å². The summed E-state index contributed by atoms with van der Waals surface area (Å²) < 4.78 is 36.2. The lowest BCUT2D eigenvalue weighted by atomic mass is 10.1. The number of hydrogen-bond acceptors (Lipinski definition) is 5. The summed E-state index contributed by atoms with van der Waals surface area (Å²) in [6.07, 6.45) is 1.05. The van der Waals surface area contributed by atoms with Crippen molar-refractivity contribution >= 4 is 32.4 Å². The second kappa shape index (κ2) is 9.04. The number of nitrogens with one attached hydrogen (secondary N) is 1. The summed E-state index contributed by atoms with van der Waals surface area (Å²) in [4.78, 5) is 12.6. The molecule has 0 aliphatic heterocycles. The highest BCUT2D eigenvalue weighted by atomic mass is 32.2. The van der Waals surface area contributed by atoms with Crippen molar-refractivity contribution in [2.75, 3.05) is 31.3 Å². The molecule has 0 saturated heterocycles. The van der Waals surface area contributed by atoms with Crippen LogP contribution in [0.2, 0.25) is 0 Å². The Kier molecular flexibility index (Phi) is 6.47. The molecular formula is C22H24N2O5S. The highest BCUT2D eigenvalue weighted by molar-refractivity contribution is 7.92. The molecule has 3 aromatic rings. The molecule has 0 aliphatic carbocycles. The third-order valence-electron chi connectivity index (χ3n) is 4.65. The van der Waals surface area contributed by atoms with Crippen LogP contribution in [0.25, 0.3) is 10.8 Å². The largest absolute Gasteiger partial charge is 0.497 e. The van der Waals surface area contributed by atoms with Crippen molar-refractivity contribution in [1.82, 2.24) is 5.32 Å². The topological polar surface area (TPSA) is 84.9 Å². The summed E-state index contributed by atoms with van der Waals surface area (Å²) in [5.74, 6) is 0.387. The Hall–Kier alpha value is -3.26. The summed E-state index contributed by atoms with van der Waals surface area (Å²) in [7, 11) is -0.793. The van der Waals surface area contributed by atoms with E-state index >= 15 is 0 Å². The van der Waals surface area contributed by atoms with Crippen LogP contribution < -0.4 is 19.1 Å². The van der Waals surface area contributed by atoms with Gasteiger partial charge in [-0.1, -0.05) is 36.4 Å². The van der Waals surface area contributed by atoms with E-state index in [0.29, 0.717) is 18.0 Å². The van der Waals surface area contributed by atoms with E-state index < -0.39 is 15.9 Å². The van der Waals surface area contributed by atoms with Gasteiger partial charge in [-0.05, 0) is 34.5 Å². The van der Waals surface area contributed by atoms with Gasteiger partial charge in [-0.2, -0.15) is 0 Å². The molecule has 158 valence electrons. The Morgan fingerprint density at radius 3 is 2.37 bits per heavy atom. The number of carbonyl (C=O) groups excluding carboxylic acids is 1. The van der Waals surface area contributed by atoms with E-state index in [9.17, 15) is 13.2 Å². The van der Waals surface area contributed by atoms with Crippen LogP contribution in [0.5, 0.6) is 11.5 Å². The molecule has 0 atom stereocenters. The van der Waals surface area contributed by atoms with Crippen molar-refractivity contribution in [3.05, 3.63) is 66.2 Å². The number of benzene rings is 3. The highest BCUT2D eigenvalue weighted by Gasteiger charge is 2.24. The van der Waals surface area contributed by atoms with E-state index in [4.69, 9.17) is 9.47 Å². The molecule has 0 aromatic heterocycles. The lowest BCUT2D eigenvalue weighted by Gasteiger charge is -2.24. The number of amides is 1. The number of nitrogens with zero attached hydrogens (tertiary/aromatic N) is 1. The van der Waals surface area contributed by atoms with Gasteiger partial charge in [0.25, 0.3) is 0 Å². The Morgan fingerprint density at radius 2 is 1.70 bits per heavy atom. The summed E-state index contributed by atoms with van der Waals surface area (Å²) in [6.45, 7) is -0.0733. The zero-order valence-electron chi connectivity index (χ0n) is 17.1. The lowest BCUT2D eigenvalue weighted by molar-refractivity contribution is -0.119. The summed E-state index contributed by atoms with van der Waals surface area (Å²) in [5.41, 5.74) is 1.19. The number of ether oxygens (including phenoxy) is 2. The molecule has 0 unspecified atom stereocenters. The fraction of sp³-hybridized carbons (Fsp3) is 0.227. The van der Waals surface area contributed by atoms with E-state index in [1.807, 2.05) is 42.5 Å². The van der Waals surface area contributed by atoms with E-state index in [0.717, 1.165) is 26.9 Å². The molecule has 1 N–H and O–H groups in total. The first-order valence-corrected chi connectivity index (χ1v) is 11.1. The van der Waals surface area contributed by atoms with Crippen LogP contribution in [-0.4, -0.2) is 41.3 Å². The number of anilines is 1. The number of hydrogen-bond donors (Lipinski definition) is 1. The van der Waals surface area contributed by atoms with Crippen LogP contribution in [0.3, 0.4) is 0 Å². The van der Waals surface area contributed by atoms with Crippen molar-refractivity contribution in [1.29, 1.82) is 0 Å². The molecule has 0 bridgehead atoms. The van der Waals surface area contributed by atoms with Gasteiger partial charge in [-0.3, -0.25) is 9.10 Å². The number of methoxy groups -OCH3 is 2. The first kappa shape index (κ1) is 21.4. The minimum atomic E-state index is -3.73. The monoisotopic (exact) mass is 428 g/mol. The quantitative estimate of drug-likeness (QED) is 0.596. The van der Waals surface area contributed by atoms with Gasteiger partial charge in [0.2, 0.25) is 15.9 Å². The van der Waals surface area contributed by atoms with Crippen molar-refractivity contribution < 1.29 is 22.7 Å². The van der Waals surface area contributed by atoms with Crippen molar-refractivity contribution in [2.24, 2.45) is 0 Å². The maximum absolute atomic E-state index is 12.6. The maximum atomic E-state index is 12.6. The Bertz CT molecular complexity index is 1160. The fourth-order valence-electron chi connectivity index (χ4n) is 3.11. The molecule has 0 heterocycles. The van der Waals surface area contributed by atoms with Gasteiger partial charge in [-0.15, -0.1) is 0 Å². The number of rotatable bonds is 8. The molecule has 0 aliphatic rings. The molecule has 3 rings (SSSR count). The predicted molar refractivity (Wildman–Crippen MR) is 118 cm³/mol. The second-order valence-electron chi connectivity index (χ2n) is 6.77. The minimum Gasteiger partial charge on any atom is -0.497 e. The minimum absolute atomic E-state index is 0.265. The summed E-state index contributed by atoms with van der Waals surface area (Å²) >= 11 is 0. The third kappa shape index (κ3) is 5.01. The van der Waals surface area contributed by atoms with Crippen LogP contribution in [0.15, 0.2) is 60.7 Å². The number of fused-ring (bicyclic) bond motifs is 1. The normalized spacial score (nSPS) is 11.2. The molecule has 0 saturated carbocycles. The van der Waals surface area contributed by atoms with Gasteiger partial charge in [0.1, 0.15) is 18.0 Å². The summed E-state index contributed by atoms with van der Waals surface area (Å²) in [6, 6.07) is 18.6. The first-order chi connectivity index (χ1) is 14.3. The predicted octanol–water partition coefficient (Wildman–Crippen LogP) is 2.94. The van der Waals surface area contributed by atoms with Crippen LogP contribution in [-0.2, 0) is 21.4 Å². The van der Waals surface area contributed by atoms with Crippen LogP contribution in [0, 0.1) is 0 Å². The second-order valence-corrected chi connectivity index (χ2v) is 8.67. The van der Waals surface area contributed by atoms with Crippen LogP contribution in [0.4, 0.5) is 5.69 Å². The van der Waals surface area contributed by atoms with Gasteiger partial charge in [0.05, 0.1) is 26.2 Å². The van der Waals surface area contributed by atoms with Gasteiger partial charge >= 0.3 is 0 Å². The number of carbonyl (C=O) groups is 1. The zero-order chi connectivity index (χ0) is 21.7. The summed E-state index contributed by atoms with van der Waals surface area (Å²) in [5, 5.41) is 4.97. The van der Waals surface area contributed by atoms with Gasteiger partial charge < -0.3 is 14.8 Å². The molecule has 0 spiro atoms. The molecule has 0 radical (unpaired) electrons. The van der Waals surface area contributed by atoms with E-state index in [-0.39, 0.29) is 12.2 Å². The molecule has 0 fully saturated rings. The molecule has 30 heavy (non-hydrogen) atoms. The first-order valence-electron chi connectivity index (χ1n) is 9.26. The Morgan fingerprint density at radius 1 is 0.967 bits per heavy atom. The average molecular weight is 429 g/mol.